The molecule has 0 aromatic carbocycles. The zero-order chi connectivity index (χ0) is 16.7. The summed E-state index contributed by atoms with van der Waals surface area (Å²) in [5.41, 5.74) is 0. The van der Waals surface area contributed by atoms with Crippen LogP contribution in [-0.4, -0.2) is 24.4 Å². The van der Waals surface area contributed by atoms with Crippen molar-refractivity contribution < 1.29 is 9.59 Å². The molecule has 0 spiro atoms. The summed E-state index contributed by atoms with van der Waals surface area (Å²) in [5.74, 6) is 1.28. The van der Waals surface area contributed by atoms with Gasteiger partial charge in [0.15, 0.2) is 0 Å². The highest BCUT2D eigenvalue weighted by Gasteiger charge is 2.30. The average molecular weight is 322 g/mol. The summed E-state index contributed by atoms with van der Waals surface area (Å²) < 4.78 is 0. The van der Waals surface area contributed by atoms with Gasteiger partial charge in [0.2, 0.25) is 11.8 Å². The fourth-order valence-electron chi connectivity index (χ4n) is 3.81. The number of nitrogens with one attached hydrogen (secondary N) is 2. The van der Waals surface area contributed by atoms with E-state index in [2.05, 4.69) is 24.5 Å². The van der Waals surface area contributed by atoms with Gasteiger partial charge in [0.1, 0.15) is 0 Å². The van der Waals surface area contributed by atoms with Crippen molar-refractivity contribution in [2.24, 2.45) is 17.8 Å². The molecule has 2 amide bonds. The summed E-state index contributed by atoms with van der Waals surface area (Å²) in [6, 6.07) is 0.397. The van der Waals surface area contributed by atoms with Gasteiger partial charge in [-0.2, -0.15) is 0 Å². The van der Waals surface area contributed by atoms with E-state index in [-0.39, 0.29) is 23.7 Å². The molecule has 23 heavy (non-hydrogen) atoms. The number of carbonyl (C=O) groups excluding carboxylic acids is 2. The van der Waals surface area contributed by atoms with E-state index >= 15 is 0 Å². The Morgan fingerprint density at radius 2 is 1.43 bits per heavy atom. The molecule has 0 saturated heterocycles. The number of hydrogen-bond donors (Lipinski definition) is 2. The van der Waals surface area contributed by atoms with Crippen LogP contribution in [0.2, 0.25) is 0 Å². The summed E-state index contributed by atoms with van der Waals surface area (Å²) in [5, 5.41) is 6.29. The lowest BCUT2D eigenvalue weighted by Gasteiger charge is -2.30. The van der Waals surface area contributed by atoms with Crippen LogP contribution in [0.1, 0.15) is 78.1 Å². The van der Waals surface area contributed by atoms with Gasteiger partial charge in [-0.1, -0.05) is 33.1 Å². The minimum Gasteiger partial charge on any atom is -0.356 e. The first kappa shape index (κ1) is 18.3. The van der Waals surface area contributed by atoms with Crippen LogP contribution < -0.4 is 10.6 Å². The second-order valence-corrected chi connectivity index (χ2v) is 7.87. The molecular weight excluding hydrogens is 288 g/mol. The summed E-state index contributed by atoms with van der Waals surface area (Å²) in [4.78, 5) is 24.5. The first-order chi connectivity index (χ1) is 11.1. The van der Waals surface area contributed by atoms with Crippen molar-refractivity contribution in [2.75, 3.05) is 6.54 Å². The zero-order valence-electron chi connectivity index (χ0n) is 14.9. The Bertz CT molecular complexity index is 381. The smallest absolute Gasteiger partial charge is 0.223 e. The molecule has 2 saturated carbocycles. The first-order valence-corrected chi connectivity index (χ1v) is 9.64. The van der Waals surface area contributed by atoms with Gasteiger partial charge < -0.3 is 10.6 Å². The Balaban J connectivity index is 1.66. The quantitative estimate of drug-likeness (QED) is 0.787. The van der Waals surface area contributed by atoms with Crippen molar-refractivity contribution in [1.29, 1.82) is 0 Å². The number of rotatable bonds is 6. The minimum atomic E-state index is 0.112. The summed E-state index contributed by atoms with van der Waals surface area (Å²) in [6.07, 6.45) is 10.5. The molecule has 0 aromatic heterocycles. The normalized spacial score (nSPS) is 26.0. The van der Waals surface area contributed by atoms with Gasteiger partial charge >= 0.3 is 0 Å². The van der Waals surface area contributed by atoms with E-state index in [0.29, 0.717) is 12.0 Å². The van der Waals surface area contributed by atoms with Gasteiger partial charge in [0.05, 0.1) is 0 Å². The van der Waals surface area contributed by atoms with Gasteiger partial charge in [-0.3, -0.25) is 9.59 Å². The van der Waals surface area contributed by atoms with Crippen LogP contribution >= 0.6 is 0 Å². The molecule has 2 aliphatic rings. The number of hydrogen-bond acceptors (Lipinski definition) is 2. The minimum absolute atomic E-state index is 0.112. The van der Waals surface area contributed by atoms with Crippen LogP contribution in [0.25, 0.3) is 0 Å². The Labute approximate surface area is 141 Å². The van der Waals surface area contributed by atoms with Crippen LogP contribution in [0.5, 0.6) is 0 Å². The largest absolute Gasteiger partial charge is 0.356 e. The fraction of sp³-hybridized carbons (Fsp3) is 0.895. The average Bonchev–Trinajstić information content (AvgIpc) is 2.55. The Kier molecular flexibility index (Phi) is 7.38. The van der Waals surface area contributed by atoms with Gasteiger partial charge in [-0.25, -0.2) is 0 Å². The van der Waals surface area contributed by atoms with Gasteiger partial charge in [-0.15, -0.1) is 0 Å². The molecule has 4 heteroatoms. The third kappa shape index (κ3) is 6.15. The maximum atomic E-state index is 12.4. The fourth-order valence-corrected chi connectivity index (χ4v) is 3.81. The van der Waals surface area contributed by atoms with E-state index in [0.717, 1.165) is 51.5 Å². The van der Waals surface area contributed by atoms with Crippen molar-refractivity contribution in [3.8, 4) is 0 Å². The van der Waals surface area contributed by atoms with Crippen LogP contribution in [0.3, 0.4) is 0 Å². The molecule has 4 nitrogen and oxygen atoms in total. The Hall–Kier alpha value is -1.06. The standard InChI is InChI=1S/C19H34N2O2/c1-14(2)12-13-20-18(22)15-8-10-16(11-9-15)19(23)21-17-6-4-3-5-7-17/h14-17H,3-13H2,1-2H3,(H,20,22)(H,21,23). The zero-order valence-corrected chi connectivity index (χ0v) is 14.9. The molecule has 2 fully saturated rings. The molecule has 0 aromatic rings. The summed E-state index contributed by atoms with van der Waals surface area (Å²) in [7, 11) is 0. The molecule has 0 aliphatic heterocycles. The van der Waals surface area contributed by atoms with Crippen molar-refractivity contribution in [1.82, 2.24) is 10.6 Å². The number of amides is 2. The maximum absolute atomic E-state index is 12.4. The first-order valence-electron chi connectivity index (χ1n) is 9.64. The number of carbonyl (C=O) groups is 2. The van der Waals surface area contributed by atoms with E-state index in [9.17, 15) is 9.59 Å². The highest BCUT2D eigenvalue weighted by atomic mass is 16.2. The second kappa shape index (κ2) is 9.29. The second-order valence-electron chi connectivity index (χ2n) is 7.87. The monoisotopic (exact) mass is 322 g/mol. The topological polar surface area (TPSA) is 58.2 Å². The Morgan fingerprint density at radius 1 is 0.870 bits per heavy atom. The molecule has 0 bridgehead atoms. The van der Waals surface area contributed by atoms with E-state index < -0.39 is 0 Å². The molecule has 2 N–H and O–H groups in total. The molecule has 2 rings (SSSR count). The predicted molar refractivity (Wildman–Crippen MR) is 92.9 cm³/mol. The van der Waals surface area contributed by atoms with Gasteiger partial charge in [-0.05, 0) is 50.9 Å². The Morgan fingerprint density at radius 3 is 2.00 bits per heavy atom. The van der Waals surface area contributed by atoms with Crippen LogP contribution in [0.4, 0.5) is 0 Å². The van der Waals surface area contributed by atoms with Crippen LogP contribution in [-0.2, 0) is 9.59 Å². The van der Waals surface area contributed by atoms with E-state index in [4.69, 9.17) is 0 Å². The molecule has 2 aliphatic carbocycles. The maximum Gasteiger partial charge on any atom is 0.223 e. The van der Waals surface area contributed by atoms with E-state index in [1.807, 2.05) is 0 Å². The molecular formula is C19H34N2O2. The lowest BCUT2D eigenvalue weighted by Crippen LogP contribution is -2.42. The van der Waals surface area contributed by atoms with E-state index in [1.165, 1.54) is 19.3 Å². The third-order valence-corrected chi connectivity index (χ3v) is 5.44. The highest BCUT2D eigenvalue weighted by molar-refractivity contribution is 5.81. The third-order valence-electron chi connectivity index (χ3n) is 5.44. The van der Waals surface area contributed by atoms with Crippen LogP contribution in [0, 0.1) is 17.8 Å². The molecule has 0 unspecified atom stereocenters. The van der Waals surface area contributed by atoms with Crippen LogP contribution in [0.15, 0.2) is 0 Å². The SMILES string of the molecule is CC(C)CCNC(=O)C1CCC(C(=O)NC2CCCCC2)CC1. The van der Waals surface area contributed by atoms with E-state index in [1.54, 1.807) is 0 Å². The lowest BCUT2D eigenvalue weighted by molar-refractivity contribution is -0.131. The van der Waals surface area contributed by atoms with Crippen molar-refractivity contribution >= 4 is 11.8 Å². The molecule has 132 valence electrons. The van der Waals surface area contributed by atoms with Gasteiger partial charge in [0.25, 0.3) is 0 Å². The van der Waals surface area contributed by atoms with Crippen molar-refractivity contribution in [3.63, 3.8) is 0 Å². The van der Waals surface area contributed by atoms with Crippen molar-refractivity contribution in [3.05, 3.63) is 0 Å². The molecule has 0 radical (unpaired) electrons. The molecule has 0 atom stereocenters. The molecule has 0 heterocycles. The van der Waals surface area contributed by atoms with Crippen molar-refractivity contribution in [2.45, 2.75) is 84.1 Å². The highest BCUT2D eigenvalue weighted by Crippen LogP contribution is 2.29. The summed E-state index contributed by atoms with van der Waals surface area (Å²) >= 11 is 0. The lowest BCUT2D eigenvalue weighted by atomic mass is 9.81. The van der Waals surface area contributed by atoms with Gasteiger partial charge in [0, 0.05) is 24.4 Å². The summed E-state index contributed by atoms with van der Waals surface area (Å²) in [6.45, 7) is 5.11. The predicted octanol–water partition coefficient (Wildman–Crippen LogP) is 3.40.